The highest BCUT2D eigenvalue weighted by molar-refractivity contribution is 14.1. The van der Waals surface area contributed by atoms with Gasteiger partial charge in [0.05, 0.1) is 21.9 Å². The van der Waals surface area contributed by atoms with Crippen LogP contribution in [0.2, 0.25) is 0 Å². The van der Waals surface area contributed by atoms with E-state index in [2.05, 4.69) is 5.32 Å². The van der Waals surface area contributed by atoms with Gasteiger partial charge in [0.2, 0.25) is 0 Å². The number of amides is 2. The van der Waals surface area contributed by atoms with Crippen LogP contribution in [0.15, 0.2) is 66.2 Å². The number of halogens is 2. The third-order valence-corrected chi connectivity index (χ3v) is 6.40. The highest BCUT2D eigenvalue weighted by atomic mass is 127. The van der Waals surface area contributed by atoms with Gasteiger partial charge in [-0.2, -0.15) is 0 Å². The second kappa shape index (κ2) is 11.0. The molecule has 0 saturated carbocycles. The fourth-order valence-electron chi connectivity index (χ4n) is 3.54. The molecular formula is C26H18FIN2O6S. The number of hydrogen-bond donors (Lipinski definition) is 2. The summed E-state index contributed by atoms with van der Waals surface area (Å²) in [7, 11) is 1.46. The maximum absolute atomic E-state index is 13.3. The number of methoxy groups -OCH3 is 1. The normalized spacial score (nSPS) is 14.5. The number of benzene rings is 3. The van der Waals surface area contributed by atoms with Gasteiger partial charge in [0, 0.05) is 0 Å². The van der Waals surface area contributed by atoms with E-state index >= 15 is 0 Å². The molecule has 2 amide bonds. The van der Waals surface area contributed by atoms with Crippen molar-refractivity contribution >= 4 is 69.5 Å². The Kier molecular flexibility index (Phi) is 7.83. The van der Waals surface area contributed by atoms with E-state index in [9.17, 15) is 23.9 Å². The highest BCUT2D eigenvalue weighted by Gasteiger charge is 2.34. The quantitative estimate of drug-likeness (QED) is 0.171. The van der Waals surface area contributed by atoms with Crippen LogP contribution >= 0.6 is 34.8 Å². The van der Waals surface area contributed by atoms with Gasteiger partial charge in [-0.15, -0.1) is 0 Å². The second-order valence-electron chi connectivity index (χ2n) is 7.76. The molecule has 1 aliphatic heterocycles. The largest absolute Gasteiger partial charge is 0.493 e. The van der Waals surface area contributed by atoms with Crippen molar-refractivity contribution in [3.8, 4) is 11.5 Å². The minimum absolute atomic E-state index is 0.0361. The van der Waals surface area contributed by atoms with Crippen molar-refractivity contribution in [1.82, 2.24) is 5.32 Å². The first-order valence-electron chi connectivity index (χ1n) is 10.7. The number of carboxylic acids is 1. The van der Waals surface area contributed by atoms with Crippen molar-refractivity contribution in [2.24, 2.45) is 0 Å². The minimum Gasteiger partial charge on any atom is -0.493 e. The molecule has 3 aromatic rings. The second-order valence-corrected chi connectivity index (χ2v) is 9.31. The number of carboxylic acid groups (broad SMARTS) is 1. The van der Waals surface area contributed by atoms with Crippen molar-refractivity contribution in [3.05, 3.63) is 92.3 Å². The van der Waals surface area contributed by atoms with Crippen LogP contribution in [0.3, 0.4) is 0 Å². The van der Waals surface area contributed by atoms with E-state index in [1.807, 2.05) is 22.6 Å². The van der Waals surface area contributed by atoms with Gasteiger partial charge in [-0.25, -0.2) is 9.18 Å². The molecule has 0 spiro atoms. The van der Waals surface area contributed by atoms with Crippen LogP contribution in [0.1, 0.15) is 21.5 Å². The van der Waals surface area contributed by atoms with E-state index in [4.69, 9.17) is 21.7 Å². The first-order valence-corrected chi connectivity index (χ1v) is 12.2. The lowest BCUT2D eigenvalue weighted by atomic mass is 10.1. The molecule has 0 aliphatic carbocycles. The lowest BCUT2D eigenvalue weighted by molar-refractivity contribution is -0.122. The predicted molar refractivity (Wildman–Crippen MR) is 146 cm³/mol. The van der Waals surface area contributed by atoms with Gasteiger partial charge in [0.15, 0.2) is 16.6 Å². The number of carbonyl (C=O) groups is 3. The summed E-state index contributed by atoms with van der Waals surface area (Å²) in [6, 6.07) is 14.9. The van der Waals surface area contributed by atoms with Crippen molar-refractivity contribution in [2.75, 3.05) is 12.0 Å². The van der Waals surface area contributed by atoms with Crippen molar-refractivity contribution < 1.29 is 33.4 Å². The number of carbonyl (C=O) groups excluding carboxylic acids is 2. The zero-order valence-corrected chi connectivity index (χ0v) is 22.1. The van der Waals surface area contributed by atoms with Gasteiger partial charge in [0.25, 0.3) is 11.8 Å². The van der Waals surface area contributed by atoms with Gasteiger partial charge >= 0.3 is 5.97 Å². The lowest BCUT2D eigenvalue weighted by Crippen LogP contribution is -2.54. The Morgan fingerprint density at radius 2 is 1.89 bits per heavy atom. The number of rotatable bonds is 7. The van der Waals surface area contributed by atoms with Crippen LogP contribution in [-0.2, 0) is 16.2 Å². The smallest absolute Gasteiger partial charge is 0.335 e. The van der Waals surface area contributed by atoms with E-state index < -0.39 is 17.8 Å². The van der Waals surface area contributed by atoms with Crippen molar-refractivity contribution in [2.45, 2.75) is 6.61 Å². The van der Waals surface area contributed by atoms with Crippen LogP contribution in [0.5, 0.6) is 11.5 Å². The van der Waals surface area contributed by atoms with Crippen LogP contribution in [0.25, 0.3) is 6.08 Å². The number of nitrogens with zero attached hydrogens (tertiary/aromatic N) is 1. The van der Waals surface area contributed by atoms with E-state index in [-0.39, 0.29) is 34.4 Å². The first-order chi connectivity index (χ1) is 17.7. The van der Waals surface area contributed by atoms with Crippen LogP contribution in [-0.4, -0.2) is 35.1 Å². The Balaban J connectivity index is 1.64. The maximum atomic E-state index is 13.3. The Labute approximate surface area is 229 Å². The Morgan fingerprint density at radius 1 is 1.16 bits per heavy atom. The SMILES string of the molecule is COc1cc(C=C2C(=O)NC(=S)N(c3cccc(C(=O)O)c3)C2=O)cc(I)c1OCc1ccc(F)cc1. The van der Waals surface area contributed by atoms with E-state index in [0.717, 1.165) is 10.5 Å². The average molecular weight is 632 g/mol. The minimum atomic E-state index is -1.17. The summed E-state index contributed by atoms with van der Waals surface area (Å²) < 4.78 is 25.2. The number of hydrogen-bond acceptors (Lipinski definition) is 6. The molecule has 188 valence electrons. The van der Waals surface area contributed by atoms with Crippen molar-refractivity contribution in [1.29, 1.82) is 0 Å². The average Bonchev–Trinajstić information content (AvgIpc) is 2.86. The fraction of sp³-hybridized carbons (Fsp3) is 0.0769. The molecule has 0 unspecified atom stereocenters. The molecule has 0 bridgehead atoms. The lowest BCUT2D eigenvalue weighted by Gasteiger charge is -2.29. The third-order valence-electron chi connectivity index (χ3n) is 5.31. The predicted octanol–water partition coefficient (Wildman–Crippen LogP) is 4.55. The van der Waals surface area contributed by atoms with E-state index in [0.29, 0.717) is 20.6 Å². The van der Waals surface area contributed by atoms with E-state index in [1.165, 1.54) is 49.6 Å². The summed E-state index contributed by atoms with van der Waals surface area (Å²) in [5.74, 6) is -2.09. The number of nitrogens with one attached hydrogen (secondary N) is 1. The fourth-order valence-corrected chi connectivity index (χ4v) is 4.60. The zero-order valence-electron chi connectivity index (χ0n) is 19.2. The Morgan fingerprint density at radius 3 is 2.57 bits per heavy atom. The summed E-state index contributed by atoms with van der Waals surface area (Å²) in [5, 5.41) is 11.6. The molecule has 4 rings (SSSR count). The summed E-state index contributed by atoms with van der Waals surface area (Å²) in [4.78, 5) is 38.4. The molecule has 3 aromatic carbocycles. The summed E-state index contributed by atoms with van der Waals surface area (Å²) in [5.41, 5.74) is 1.22. The molecule has 0 aromatic heterocycles. The van der Waals surface area contributed by atoms with Crippen LogP contribution in [0, 0.1) is 9.39 Å². The number of anilines is 1. The van der Waals surface area contributed by atoms with Gasteiger partial charge in [-0.1, -0.05) is 18.2 Å². The summed E-state index contributed by atoms with van der Waals surface area (Å²) >= 11 is 7.23. The molecule has 0 radical (unpaired) electrons. The Hall–Kier alpha value is -3.84. The van der Waals surface area contributed by atoms with Crippen LogP contribution in [0.4, 0.5) is 10.1 Å². The first kappa shape index (κ1) is 26.2. The number of aromatic carboxylic acids is 1. The standard InChI is InChI=1S/C26H18FIN2O6S/c1-35-21-11-15(10-20(28)22(21)36-13-14-5-7-17(27)8-6-14)9-19-23(31)29-26(37)30(24(19)32)18-4-2-3-16(12-18)25(33)34/h2-12H,13H2,1H3,(H,33,34)(H,29,31,37). The zero-order chi connectivity index (χ0) is 26.7. The molecule has 11 heteroatoms. The van der Waals surface area contributed by atoms with Gasteiger partial charge in [-0.05, 0) is 94.5 Å². The van der Waals surface area contributed by atoms with Crippen LogP contribution < -0.4 is 19.7 Å². The van der Waals surface area contributed by atoms with E-state index in [1.54, 1.807) is 24.3 Å². The van der Waals surface area contributed by atoms with Gasteiger partial charge in [-0.3, -0.25) is 19.8 Å². The molecule has 8 nitrogen and oxygen atoms in total. The Bertz CT molecular complexity index is 1460. The molecular weight excluding hydrogens is 614 g/mol. The molecule has 1 aliphatic rings. The topological polar surface area (TPSA) is 105 Å². The van der Waals surface area contributed by atoms with Gasteiger partial charge in [0.1, 0.15) is 18.0 Å². The molecule has 2 N–H and O–H groups in total. The summed E-state index contributed by atoms with van der Waals surface area (Å²) in [6.07, 6.45) is 1.39. The third kappa shape index (κ3) is 5.78. The molecule has 1 saturated heterocycles. The molecule has 37 heavy (non-hydrogen) atoms. The molecule has 1 heterocycles. The molecule has 1 fully saturated rings. The molecule has 0 atom stereocenters. The number of ether oxygens (including phenoxy) is 2. The van der Waals surface area contributed by atoms with Gasteiger partial charge < -0.3 is 14.6 Å². The monoisotopic (exact) mass is 632 g/mol. The van der Waals surface area contributed by atoms with Crippen molar-refractivity contribution in [3.63, 3.8) is 0 Å². The summed E-state index contributed by atoms with van der Waals surface area (Å²) in [6.45, 7) is 0.176. The maximum Gasteiger partial charge on any atom is 0.335 e. The highest BCUT2D eigenvalue weighted by Crippen LogP contribution is 2.35. The number of thiocarbonyl (C=S) groups is 1.